The van der Waals surface area contributed by atoms with E-state index in [1.165, 1.54) is 12.3 Å². The van der Waals surface area contributed by atoms with E-state index >= 15 is 0 Å². The fourth-order valence-corrected chi connectivity index (χ4v) is 1.73. The summed E-state index contributed by atoms with van der Waals surface area (Å²) in [5, 5.41) is 0. The van der Waals surface area contributed by atoms with E-state index in [2.05, 4.69) is 9.72 Å². The molecule has 0 unspecified atom stereocenters. The topological polar surface area (TPSA) is 82.3 Å². The van der Waals surface area contributed by atoms with Gasteiger partial charge in [0.1, 0.15) is 11.4 Å². The highest BCUT2D eigenvalue weighted by molar-refractivity contribution is 6.61. The summed E-state index contributed by atoms with van der Waals surface area (Å²) in [5.41, 5.74) is 6.28. The number of halogens is 1. The Labute approximate surface area is 120 Å². The summed E-state index contributed by atoms with van der Waals surface area (Å²) in [5.74, 6) is 0.183. The van der Waals surface area contributed by atoms with Crippen molar-refractivity contribution in [2.24, 2.45) is 0 Å². The van der Waals surface area contributed by atoms with E-state index in [0.29, 0.717) is 17.1 Å². The van der Waals surface area contributed by atoms with E-state index in [1.807, 2.05) is 0 Å². The Morgan fingerprint density at radius 3 is 2.50 bits per heavy atom. The average molecular weight is 291 g/mol. The molecule has 0 aliphatic rings. The van der Waals surface area contributed by atoms with Crippen LogP contribution in [-0.4, -0.2) is 16.2 Å². The number of carbonyl (C=O) groups excluding carboxylic acids is 2. The molecule has 2 N–H and O–H groups in total. The number of hydrogen-bond donors (Lipinski definition) is 1. The molecule has 0 saturated carbocycles. The first kappa shape index (κ1) is 14.0. The van der Waals surface area contributed by atoms with Crippen molar-refractivity contribution in [3.63, 3.8) is 0 Å². The maximum absolute atomic E-state index is 12.0. The number of rotatable bonds is 4. The lowest BCUT2D eigenvalue weighted by atomic mass is 10.1. The van der Waals surface area contributed by atoms with Gasteiger partial charge in [-0.25, -0.2) is 4.79 Å². The second-order valence-electron chi connectivity index (χ2n) is 4.06. The average Bonchev–Trinajstić information content (AvgIpc) is 2.40. The van der Waals surface area contributed by atoms with Crippen molar-refractivity contribution >= 4 is 28.5 Å². The molecule has 0 spiro atoms. The number of ketones is 1. The fourth-order valence-electron chi connectivity index (χ4n) is 1.64. The highest BCUT2D eigenvalue weighted by Gasteiger charge is 2.09. The third-order valence-electron chi connectivity index (χ3n) is 2.56. The van der Waals surface area contributed by atoms with Gasteiger partial charge in [0, 0.05) is 29.9 Å². The molecule has 0 amide bonds. The SMILES string of the molecule is Nc1ccnc(C(=O)Cc2ccc(OC(=O)Cl)cc2)c1. The molecule has 0 aliphatic heterocycles. The van der Waals surface area contributed by atoms with Crippen LogP contribution < -0.4 is 10.5 Å². The molecule has 2 rings (SSSR count). The Morgan fingerprint density at radius 2 is 1.90 bits per heavy atom. The molecule has 1 heterocycles. The van der Waals surface area contributed by atoms with Crippen LogP contribution in [0.5, 0.6) is 5.75 Å². The molecule has 20 heavy (non-hydrogen) atoms. The number of benzene rings is 1. The van der Waals surface area contributed by atoms with Crippen molar-refractivity contribution in [1.29, 1.82) is 0 Å². The highest BCUT2D eigenvalue weighted by atomic mass is 35.5. The van der Waals surface area contributed by atoms with Crippen molar-refractivity contribution in [1.82, 2.24) is 4.98 Å². The lowest BCUT2D eigenvalue weighted by Crippen LogP contribution is -2.06. The molecule has 0 aliphatic carbocycles. The van der Waals surface area contributed by atoms with Crippen molar-refractivity contribution in [3.8, 4) is 5.75 Å². The first-order valence-electron chi connectivity index (χ1n) is 5.75. The van der Waals surface area contributed by atoms with Gasteiger partial charge in [-0.2, -0.15) is 0 Å². The molecule has 2 aromatic rings. The van der Waals surface area contributed by atoms with Crippen LogP contribution >= 0.6 is 11.6 Å². The maximum Gasteiger partial charge on any atom is 0.409 e. The Balaban J connectivity index is 2.06. The lowest BCUT2D eigenvalue weighted by Gasteiger charge is -2.03. The minimum atomic E-state index is -0.905. The van der Waals surface area contributed by atoms with Crippen molar-refractivity contribution in [2.45, 2.75) is 6.42 Å². The molecule has 0 fully saturated rings. The summed E-state index contributed by atoms with van der Waals surface area (Å²) in [6, 6.07) is 9.64. The molecular weight excluding hydrogens is 280 g/mol. The van der Waals surface area contributed by atoms with Crippen LogP contribution in [0, 0.1) is 0 Å². The lowest BCUT2D eigenvalue weighted by molar-refractivity contribution is 0.0988. The van der Waals surface area contributed by atoms with Crippen LogP contribution in [-0.2, 0) is 6.42 Å². The van der Waals surface area contributed by atoms with Crippen LogP contribution in [0.25, 0.3) is 0 Å². The van der Waals surface area contributed by atoms with E-state index in [4.69, 9.17) is 17.3 Å². The molecule has 0 atom stereocenters. The molecule has 102 valence electrons. The molecule has 0 radical (unpaired) electrons. The van der Waals surface area contributed by atoms with Crippen LogP contribution in [0.1, 0.15) is 16.1 Å². The highest BCUT2D eigenvalue weighted by Crippen LogP contribution is 2.15. The van der Waals surface area contributed by atoms with Crippen molar-refractivity contribution in [2.75, 3.05) is 5.73 Å². The van der Waals surface area contributed by atoms with Crippen LogP contribution in [0.2, 0.25) is 0 Å². The second kappa shape index (κ2) is 6.16. The number of anilines is 1. The predicted molar refractivity (Wildman–Crippen MR) is 75.0 cm³/mol. The van der Waals surface area contributed by atoms with Gasteiger partial charge in [0.05, 0.1) is 0 Å². The van der Waals surface area contributed by atoms with Crippen LogP contribution in [0.15, 0.2) is 42.6 Å². The number of carbonyl (C=O) groups is 2. The molecule has 0 bridgehead atoms. The normalized spacial score (nSPS) is 10.1. The zero-order chi connectivity index (χ0) is 14.5. The number of Topliss-reactive ketones (excluding diaryl/α,β-unsaturated/α-hetero) is 1. The third-order valence-corrected chi connectivity index (χ3v) is 2.63. The van der Waals surface area contributed by atoms with E-state index in [1.54, 1.807) is 30.3 Å². The van der Waals surface area contributed by atoms with E-state index < -0.39 is 5.43 Å². The van der Waals surface area contributed by atoms with Gasteiger partial charge >= 0.3 is 5.43 Å². The van der Waals surface area contributed by atoms with Gasteiger partial charge in [0.2, 0.25) is 0 Å². The van der Waals surface area contributed by atoms with E-state index in [9.17, 15) is 9.59 Å². The van der Waals surface area contributed by atoms with E-state index in [0.717, 1.165) is 5.56 Å². The number of hydrogen-bond acceptors (Lipinski definition) is 5. The van der Waals surface area contributed by atoms with Crippen molar-refractivity contribution in [3.05, 3.63) is 53.9 Å². The fraction of sp³-hybridized carbons (Fsp3) is 0.0714. The first-order valence-corrected chi connectivity index (χ1v) is 6.13. The number of pyridine rings is 1. The number of nitrogens with zero attached hydrogens (tertiary/aromatic N) is 1. The van der Waals surface area contributed by atoms with Gasteiger partial charge in [-0.05, 0) is 29.8 Å². The largest absolute Gasteiger partial charge is 0.415 e. The smallest absolute Gasteiger partial charge is 0.409 e. The molecule has 1 aromatic carbocycles. The summed E-state index contributed by atoms with van der Waals surface area (Å²) in [7, 11) is 0. The number of nitrogen functional groups attached to an aromatic ring is 1. The minimum absolute atomic E-state index is 0.139. The number of nitrogens with two attached hydrogens (primary N) is 1. The zero-order valence-corrected chi connectivity index (χ0v) is 11.1. The Hall–Kier alpha value is -2.40. The summed E-state index contributed by atoms with van der Waals surface area (Å²) in [6.07, 6.45) is 1.68. The van der Waals surface area contributed by atoms with Crippen LogP contribution in [0.3, 0.4) is 0 Å². The monoisotopic (exact) mass is 290 g/mol. The van der Waals surface area contributed by atoms with Crippen LogP contribution in [0.4, 0.5) is 10.5 Å². The second-order valence-corrected chi connectivity index (χ2v) is 4.37. The summed E-state index contributed by atoms with van der Waals surface area (Å²) >= 11 is 5.10. The maximum atomic E-state index is 12.0. The molecule has 6 heteroatoms. The van der Waals surface area contributed by atoms with Gasteiger partial charge in [0.25, 0.3) is 0 Å². The molecule has 5 nitrogen and oxygen atoms in total. The van der Waals surface area contributed by atoms with Gasteiger partial charge in [-0.1, -0.05) is 12.1 Å². The first-order chi connectivity index (χ1) is 9.54. The summed E-state index contributed by atoms with van der Waals surface area (Å²) < 4.78 is 4.69. The van der Waals surface area contributed by atoms with Gasteiger partial charge in [0.15, 0.2) is 5.78 Å². The molecule has 1 aromatic heterocycles. The Kier molecular flexibility index (Phi) is 4.32. The van der Waals surface area contributed by atoms with Gasteiger partial charge in [-0.3, -0.25) is 9.78 Å². The van der Waals surface area contributed by atoms with E-state index in [-0.39, 0.29) is 12.2 Å². The summed E-state index contributed by atoms with van der Waals surface area (Å²) in [4.78, 5) is 26.5. The number of aromatic nitrogens is 1. The Bertz CT molecular complexity index is 641. The quantitative estimate of drug-likeness (QED) is 0.691. The standard InChI is InChI=1S/C14H11ClN2O3/c15-14(19)20-11-3-1-9(2-4-11)7-13(18)12-8-10(16)5-6-17-12/h1-6,8H,7H2,(H2,16,17). The van der Waals surface area contributed by atoms with Gasteiger partial charge < -0.3 is 10.5 Å². The van der Waals surface area contributed by atoms with Crippen molar-refractivity contribution < 1.29 is 14.3 Å². The molecule has 0 saturated heterocycles. The number of ether oxygens (including phenoxy) is 1. The summed E-state index contributed by atoms with van der Waals surface area (Å²) in [6.45, 7) is 0. The van der Waals surface area contributed by atoms with Gasteiger partial charge in [-0.15, -0.1) is 0 Å². The molecular formula is C14H11ClN2O3. The zero-order valence-electron chi connectivity index (χ0n) is 10.4. The Morgan fingerprint density at radius 1 is 1.20 bits per heavy atom. The minimum Gasteiger partial charge on any atom is -0.415 e. The predicted octanol–water partition coefficient (Wildman–Crippen LogP) is 2.83. The third kappa shape index (κ3) is 3.80.